The third-order valence-electron chi connectivity index (χ3n) is 13.1. The molecule has 11 nitrogen and oxygen atoms in total. The van der Waals surface area contributed by atoms with E-state index in [9.17, 15) is 20.1 Å². The molecule has 4 aliphatic heterocycles. The molecule has 8 aliphatic rings. The quantitative estimate of drug-likeness (QED) is 0.218. The van der Waals surface area contributed by atoms with Crippen LogP contribution < -0.4 is 15.0 Å². The van der Waals surface area contributed by atoms with E-state index >= 15 is 0 Å². The molecule has 246 valence electrons. The Kier molecular flexibility index (Phi) is 5.55. The van der Waals surface area contributed by atoms with Gasteiger partial charge in [-0.15, -0.1) is 0 Å². The molecule has 0 amide bonds. The van der Waals surface area contributed by atoms with Crippen LogP contribution in [0.1, 0.15) is 47.9 Å². The van der Waals surface area contributed by atoms with Gasteiger partial charge in [0, 0.05) is 34.5 Å². The van der Waals surface area contributed by atoms with Gasteiger partial charge in [-0.25, -0.2) is 4.79 Å². The number of phenolic OH excluding ortho intramolecular Hbond substituents is 2. The molecule has 47 heavy (non-hydrogen) atoms. The molecule has 4 N–H and O–H groups in total. The molecular weight excluding hydrogens is 602 g/mol. The molecular formula is C36H39N3O8. The number of aliphatic hydroxyl groups is 1. The van der Waals surface area contributed by atoms with Crippen LogP contribution in [0.25, 0.3) is 0 Å². The lowest BCUT2D eigenvalue weighted by Gasteiger charge is -2.60. The van der Waals surface area contributed by atoms with Gasteiger partial charge < -0.3 is 39.3 Å². The Morgan fingerprint density at radius 1 is 0.979 bits per heavy atom. The summed E-state index contributed by atoms with van der Waals surface area (Å²) in [5, 5.41) is 33.9. The summed E-state index contributed by atoms with van der Waals surface area (Å²) in [7, 11) is 4.22. The first kappa shape index (κ1) is 28.3. The van der Waals surface area contributed by atoms with Gasteiger partial charge in [0.2, 0.25) is 0 Å². The van der Waals surface area contributed by atoms with Gasteiger partial charge in [-0.1, -0.05) is 18.2 Å². The number of hydroxylamine groups is 1. The maximum atomic E-state index is 13.3. The minimum atomic E-state index is -1.06. The van der Waals surface area contributed by atoms with Crippen molar-refractivity contribution in [1.82, 2.24) is 15.3 Å². The summed E-state index contributed by atoms with van der Waals surface area (Å²) < 4.78 is 18.9. The number of rotatable bonds is 5. The lowest BCUT2D eigenvalue weighted by atomic mass is 9.51. The molecule has 2 spiro atoms. The molecule has 2 fully saturated rings. The molecule has 4 unspecified atom stereocenters. The summed E-state index contributed by atoms with van der Waals surface area (Å²) in [4.78, 5) is 23.8. The van der Waals surface area contributed by atoms with Crippen molar-refractivity contribution in [3.63, 3.8) is 0 Å². The van der Waals surface area contributed by atoms with Gasteiger partial charge in [0.25, 0.3) is 0 Å². The highest BCUT2D eigenvalue weighted by atomic mass is 16.7. The van der Waals surface area contributed by atoms with Crippen LogP contribution in [0.15, 0.2) is 47.9 Å². The zero-order chi connectivity index (χ0) is 32.0. The number of carbonyl (C=O) groups is 1. The van der Waals surface area contributed by atoms with Crippen LogP contribution in [-0.2, 0) is 38.0 Å². The van der Waals surface area contributed by atoms with Crippen LogP contribution in [0.5, 0.6) is 23.0 Å². The summed E-state index contributed by atoms with van der Waals surface area (Å²) in [5.74, 6) is 1.33. The second kappa shape index (κ2) is 9.22. The number of nitrogens with one attached hydrogen (secondary N) is 1. The number of benzene rings is 2. The largest absolute Gasteiger partial charge is 0.504 e. The van der Waals surface area contributed by atoms with E-state index in [1.165, 1.54) is 5.56 Å². The molecule has 11 heteroatoms. The number of likely N-dealkylation sites (N-methyl/N-ethyl adjacent to an activating group) is 2. The summed E-state index contributed by atoms with van der Waals surface area (Å²) in [6.45, 7) is 1.31. The van der Waals surface area contributed by atoms with Gasteiger partial charge in [0.05, 0.1) is 16.7 Å². The summed E-state index contributed by atoms with van der Waals surface area (Å²) >= 11 is 0. The Balaban J connectivity index is 0.902. The number of esters is 1. The molecule has 0 radical (unpaired) electrons. The van der Waals surface area contributed by atoms with Crippen LogP contribution in [0.4, 0.5) is 0 Å². The number of hydrogen-bond donors (Lipinski definition) is 4. The molecule has 2 aromatic carbocycles. The van der Waals surface area contributed by atoms with Crippen molar-refractivity contribution in [2.75, 3.05) is 33.8 Å². The highest BCUT2D eigenvalue weighted by Crippen LogP contribution is 2.67. The van der Waals surface area contributed by atoms with Crippen LogP contribution >= 0.6 is 0 Å². The highest BCUT2D eigenvalue weighted by Gasteiger charge is 2.70. The Labute approximate surface area is 272 Å². The Morgan fingerprint density at radius 3 is 2.57 bits per heavy atom. The standard InChI is InChI=1S/C36H39N3O8/c1-38-13-11-34-20-5-8-25(33(34)47-30-23(40)6-3-18(28(30)34)15-22(20)38)45-27(42)17-44-37-21-9-10-36(43)26-16-19-4-7-24(41)31-29(19)35(36,32(21)46-31)12-14-39(26)2/h3-8,20,22,25-26,33,37,40-41,43H,9-17H2,1-2H3/t20?,22?,25-,26?,33?,34-,35-,36+/m0/s1. The minimum Gasteiger partial charge on any atom is -0.504 e. The van der Waals surface area contributed by atoms with Crippen LogP contribution in [-0.4, -0.2) is 94.8 Å². The van der Waals surface area contributed by atoms with Crippen molar-refractivity contribution in [3.8, 4) is 23.0 Å². The molecule has 10 rings (SSSR count). The first-order chi connectivity index (χ1) is 22.7. The van der Waals surface area contributed by atoms with Gasteiger partial charge >= 0.3 is 5.97 Å². The predicted molar refractivity (Wildman–Crippen MR) is 167 cm³/mol. The number of likely N-dealkylation sites (tertiary alicyclic amines) is 2. The van der Waals surface area contributed by atoms with E-state index in [-0.39, 0.29) is 35.5 Å². The van der Waals surface area contributed by atoms with Crippen molar-refractivity contribution in [3.05, 3.63) is 70.1 Å². The number of allylic oxidation sites excluding steroid dienone is 1. The number of phenols is 2. The number of aromatic hydroxyl groups is 2. The van der Waals surface area contributed by atoms with Gasteiger partial charge in [0.15, 0.2) is 35.7 Å². The normalized spacial score (nSPS) is 38.3. The first-order valence-corrected chi connectivity index (χ1v) is 16.8. The van der Waals surface area contributed by atoms with E-state index in [2.05, 4.69) is 35.5 Å². The van der Waals surface area contributed by atoms with Crippen molar-refractivity contribution < 1.29 is 39.2 Å². The number of nitrogens with zero attached hydrogens (tertiary/aromatic N) is 2. The fourth-order valence-corrected chi connectivity index (χ4v) is 11.1. The molecule has 4 heterocycles. The topological polar surface area (TPSA) is 133 Å². The van der Waals surface area contributed by atoms with E-state index in [1.807, 2.05) is 18.2 Å². The van der Waals surface area contributed by atoms with Gasteiger partial charge in [-0.2, -0.15) is 0 Å². The van der Waals surface area contributed by atoms with E-state index in [4.69, 9.17) is 19.0 Å². The average molecular weight is 642 g/mol. The van der Waals surface area contributed by atoms with Crippen LogP contribution in [0.3, 0.4) is 0 Å². The third kappa shape index (κ3) is 3.29. The lowest BCUT2D eigenvalue weighted by molar-refractivity contribution is -0.163. The molecule has 0 aromatic heterocycles. The summed E-state index contributed by atoms with van der Waals surface area (Å²) in [6.07, 6.45) is 7.05. The van der Waals surface area contributed by atoms with Gasteiger partial charge in [0.1, 0.15) is 11.9 Å². The molecule has 4 aliphatic carbocycles. The Bertz CT molecular complexity index is 1830. The molecule has 0 saturated carbocycles. The van der Waals surface area contributed by atoms with Crippen LogP contribution in [0.2, 0.25) is 0 Å². The smallest absolute Gasteiger partial charge is 0.335 e. The molecule has 2 saturated heterocycles. The number of piperidine rings is 2. The Hall–Kier alpha value is -3.77. The fraction of sp³-hybridized carbons (Fsp3) is 0.528. The minimum absolute atomic E-state index is 0.0523. The lowest BCUT2D eigenvalue weighted by Crippen LogP contribution is -2.72. The Morgan fingerprint density at radius 2 is 1.74 bits per heavy atom. The number of carbonyl (C=O) groups excluding carboxylic acids is 1. The zero-order valence-electron chi connectivity index (χ0n) is 26.5. The van der Waals surface area contributed by atoms with Crippen molar-refractivity contribution in [2.45, 2.75) is 79.2 Å². The predicted octanol–water partition coefficient (Wildman–Crippen LogP) is 2.30. The SMILES string of the molecule is CN1CC[C@]23c4c5ccc(O)c4OC2[C@@H](OC(=O)CONC2=C4Oc6c(O)ccc7c6[C@@]46CCN(C)C(C7)[C@]6(O)CC2)C=CC3C1C5. The average Bonchev–Trinajstić information content (AvgIpc) is 3.59. The second-order valence-electron chi connectivity index (χ2n) is 14.9. The van der Waals surface area contributed by atoms with E-state index < -0.39 is 29.2 Å². The monoisotopic (exact) mass is 641 g/mol. The zero-order valence-corrected chi connectivity index (χ0v) is 26.5. The van der Waals surface area contributed by atoms with Crippen molar-refractivity contribution in [1.29, 1.82) is 0 Å². The maximum absolute atomic E-state index is 13.3. The molecule has 8 atom stereocenters. The van der Waals surface area contributed by atoms with Gasteiger partial charge in [-0.3, -0.25) is 10.3 Å². The van der Waals surface area contributed by atoms with E-state index in [0.29, 0.717) is 54.7 Å². The summed E-state index contributed by atoms with van der Waals surface area (Å²) in [5.41, 5.74) is 5.65. The summed E-state index contributed by atoms with van der Waals surface area (Å²) in [6, 6.07) is 7.56. The van der Waals surface area contributed by atoms with Gasteiger partial charge in [-0.05, 0) is 95.0 Å². The fourth-order valence-electron chi connectivity index (χ4n) is 11.1. The molecule has 4 bridgehead atoms. The van der Waals surface area contributed by atoms with Crippen molar-refractivity contribution >= 4 is 5.97 Å². The maximum Gasteiger partial charge on any atom is 0.335 e. The highest BCUT2D eigenvalue weighted by molar-refractivity contribution is 5.72. The number of hydrogen-bond acceptors (Lipinski definition) is 11. The molecule has 2 aromatic rings. The third-order valence-corrected chi connectivity index (χ3v) is 13.1. The van der Waals surface area contributed by atoms with Crippen LogP contribution in [0, 0.1) is 5.92 Å². The number of ether oxygens (including phenoxy) is 3. The van der Waals surface area contributed by atoms with E-state index in [1.54, 1.807) is 12.1 Å². The van der Waals surface area contributed by atoms with Crippen molar-refractivity contribution in [2.24, 2.45) is 5.92 Å². The second-order valence-corrected chi connectivity index (χ2v) is 14.9. The van der Waals surface area contributed by atoms with E-state index in [0.717, 1.165) is 42.6 Å². The first-order valence-electron chi connectivity index (χ1n) is 16.8.